The Labute approximate surface area is 179 Å². The normalized spacial score (nSPS) is 25.9. The average molecular weight is 445 g/mol. The molecule has 3 heterocycles. The van der Waals surface area contributed by atoms with Crippen LogP contribution in [0.4, 0.5) is 0 Å². The summed E-state index contributed by atoms with van der Waals surface area (Å²) in [6.45, 7) is 4.22. The van der Waals surface area contributed by atoms with E-state index >= 15 is 0 Å². The summed E-state index contributed by atoms with van der Waals surface area (Å²) >= 11 is 0. The van der Waals surface area contributed by atoms with Crippen LogP contribution in [0.5, 0.6) is 0 Å². The van der Waals surface area contributed by atoms with Gasteiger partial charge in [-0.15, -0.1) is 0 Å². The second kappa shape index (κ2) is 7.13. The zero-order valence-electron chi connectivity index (χ0n) is 17.3. The van der Waals surface area contributed by atoms with E-state index in [0.29, 0.717) is 43.3 Å². The number of hydrogen-bond donors (Lipinski definition) is 2. The molecule has 1 aliphatic heterocycles. The molecule has 1 saturated heterocycles. The summed E-state index contributed by atoms with van der Waals surface area (Å²) < 4.78 is 32.6. The number of likely N-dealkylation sites (tertiary alicyclic amines) is 1. The largest absolute Gasteiger partial charge is 0.339 e. The number of rotatable bonds is 5. The van der Waals surface area contributed by atoms with E-state index in [9.17, 15) is 13.2 Å². The van der Waals surface area contributed by atoms with Gasteiger partial charge in [-0.3, -0.25) is 9.89 Å². The highest BCUT2D eigenvalue weighted by molar-refractivity contribution is 7.89. The van der Waals surface area contributed by atoms with Crippen molar-refractivity contribution in [1.29, 1.82) is 0 Å². The van der Waals surface area contributed by atoms with E-state index in [-0.39, 0.29) is 23.6 Å². The van der Waals surface area contributed by atoms with Crippen LogP contribution in [-0.4, -0.2) is 64.4 Å². The van der Waals surface area contributed by atoms with Crippen molar-refractivity contribution in [2.45, 2.75) is 38.1 Å². The van der Waals surface area contributed by atoms with Gasteiger partial charge in [-0.25, -0.2) is 13.1 Å². The number of carbonyl (C=O) groups is 1. The molecule has 10 nitrogen and oxygen atoms in total. The van der Waals surface area contributed by atoms with E-state index in [0.717, 1.165) is 10.9 Å². The fourth-order valence-electron chi connectivity index (χ4n) is 5.06. The van der Waals surface area contributed by atoms with Crippen LogP contribution < -0.4 is 4.72 Å². The van der Waals surface area contributed by atoms with Gasteiger partial charge in [0.15, 0.2) is 11.5 Å². The highest BCUT2D eigenvalue weighted by atomic mass is 32.2. The highest BCUT2D eigenvalue weighted by Crippen LogP contribution is 2.50. The standard InChI is InChI=1S/C20H24N6O4S/c1-3-31(28,29)25-14-8-13-10-26(11-20(13,9-14)19-21-12(2)24-30-19)18(27)17-15-6-4-5-7-16(15)22-23-17/h4-7,13-14,25H,3,8-11H2,1-2H3,(H,22,23)/t13-,14+,20-/m0/s1. The van der Waals surface area contributed by atoms with Crippen LogP contribution in [0.25, 0.3) is 10.9 Å². The van der Waals surface area contributed by atoms with Crippen molar-refractivity contribution < 1.29 is 17.7 Å². The topological polar surface area (TPSA) is 134 Å². The maximum absolute atomic E-state index is 13.4. The minimum absolute atomic E-state index is 0.00561. The number of sulfonamides is 1. The fourth-order valence-corrected chi connectivity index (χ4v) is 5.91. The third-order valence-corrected chi connectivity index (χ3v) is 7.97. The van der Waals surface area contributed by atoms with Crippen molar-refractivity contribution in [3.8, 4) is 0 Å². The molecule has 31 heavy (non-hydrogen) atoms. The predicted octanol–water partition coefficient (Wildman–Crippen LogP) is 1.37. The lowest BCUT2D eigenvalue weighted by atomic mass is 9.80. The van der Waals surface area contributed by atoms with Gasteiger partial charge in [-0.05, 0) is 38.7 Å². The molecule has 0 unspecified atom stereocenters. The second-order valence-corrected chi connectivity index (χ2v) is 10.5. The summed E-state index contributed by atoms with van der Waals surface area (Å²) in [6, 6.07) is 7.28. The zero-order valence-corrected chi connectivity index (χ0v) is 18.1. The number of fused-ring (bicyclic) bond motifs is 2. The molecule has 1 amide bonds. The maximum atomic E-state index is 13.4. The van der Waals surface area contributed by atoms with E-state index in [1.807, 2.05) is 24.3 Å². The molecule has 0 spiro atoms. The Morgan fingerprint density at radius 2 is 2.19 bits per heavy atom. The number of nitrogens with zero attached hydrogens (tertiary/aromatic N) is 4. The summed E-state index contributed by atoms with van der Waals surface area (Å²) in [5, 5.41) is 11.9. The average Bonchev–Trinajstić information content (AvgIpc) is 3.48. The first kappa shape index (κ1) is 20.1. The van der Waals surface area contributed by atoms with Gasteiger partial charge < -0.3 is 9.42 Å². The molecule has 2 aromatic heterocycles. The number of carbonyl (C=O) groups excluding carboxylic acids is 1. The first-order valence-electron chi connectivity index (χ1n) is 10.3. The molecule has 1 aromatic carbocycles. The van der Waals surface area contributed by atoms with Gasteiger partial charge in [0.25, 0.3) is 5.91 Å². The smallest absolute Gasteiger partial charge is 0.275 e. The first-order valence-corrected chi connectivity index (χ1v) is 12.0. The fraction of sp³-hybridized carbons (Fsp3) is 0.500. The van der Waals surface area contributed by atoms with Crippen LogP contribution in [0.1, 0.15) is 42.0 Å². The molecule has 164 valence electrons. The Kier molecular flexibility index (Phi) is 4.63. The van der Waals surface area contributed by atoms with Crippen molar-refractivity contribution >= 4 is 26.8 Å². The van der Waals surface area contributed by atoms with Gasteiger partial charge in [0, 0.05) is 24.5 Å². The number of amides is 1. The Bertz CT molecular complexity index is 1250. The molecular formula is C20H24N6O4S. The molecule has 5 rings (SSSR count). The number of H-pyrrole nitrogens is 1. The van der Waals surface area contributed by atoms with E-state index < -0.39 is 15.4 Å². The van der Waals surface area contributed by atoms with Gasteiger partial charge in [-0.2, -0.15) is 10.1 Å². The Morgan fingerprint density at radius 1 is 1.39 bits per heavy atom. The molecular weight excluding hydrogens is 420 g/mol. The van der Waals surface area contributed by atoms with E-state index in [2.05, 4.69) is 25.1 Å². The van der Waals surface area contributed by atoms with Gasteiger partial charge in [-0.1, -0.05) is 23.4 Å². The van der Waals surface area contributed by atoms with Crippen LogP contribution in [0, 0.1) is 12.8 Å². The third-order valence-electron chi connectivity index (χ3n) is 6.51. The molecule has 2 fully saturated rings. The van der Waals surface area contributed by atoms with Crippen molar-refractivity contribution in [3.63, 3.8) is 0 Å². The van der Waals surface area contributed by atoms with Gasteiger partial charge in [0.05, 0.1) is 16.7 Å². The summed E-state index contributed by atoms with van der Waals surface area (Å²) in [6.07, 6.45) is 1.11. The van der Waals surface area contributed by atoms with E-state index in [1.165, 1.54) is 0 Å². The van der Waals surface area contributed by atoms with Crippen LogP contribution in [-0.2, 0) is 15.4 Å². The number of benzene rings is 1. The third kappa shape index (κ3) is 3.32. The van der Waals surface area contributed by atoms with Crippen molar-refractivity contribution in [1.82, 2.24) is 30.0 Å². The second-order valence-electron chi connectivity index (χ2n) is 8.46. The van der Waals surface area contributed by atoms with E-state index in [1.54, 1.807) is 18.7 Å². The predicted molar refractivity (Wildman–Crippen MR) is 112 cm³/mol. The minimum atomic E-state index is -3.34. The Morgan fingerprint density at radius 3 is 2.94 bits per heavy atom. The van der Waals surface area contributed by atoms with E-state index in [4.69, 9.17) is 4.52 Å². The molecule has 0 bridgehead atoms. The van der Waals surface area contributed by atoms with Crippen LogP contribution >= 0.6 is 0 Å². The number of para-hydroxylation sites is 1. The Hall–Kier alpha value is -2.79. The molecule has 2 aliphatic rings. The van der Waals surface area contributed by atoms with Gasteiger partial charge >= 0.3 is 0 Å². The van der Waals surface area contributed by atoms with Crippen molar-refractivity contribution in [3.05, 3.63) is 41.7 Å². The van der Waals surface area contributed by atoms with Gasteiger partial charge in [0.1, 0.15) is 0 Å². The minimum Gasteiger partial charge on any atom is -0.339 e. The quantitative estimate of drug-likeness (QED) is 0.607. The summed E-state index contributed by atoms with van der Waals surface area (Å²) in [5.41, 5.74) is 0.612. The lowest BCUT2D eigenvalue weighted by molar-refractivity contribution is 0.0769. The first-order chi connectivity index (χ1) is 14.8. The molecule has 3 atom stereocenters. The van der Waals surface area contributed by atoms with Gasteiger partial charge in [0.2, 0.25) is 15.9 Å². The molecule has 1 aliphatic carbocycles. The van der Waals surface area contributed by atoms with Crippen LogP contribution in [0.2, 0.25) is 0 Å². The Balaban J connectivity index is 1.46. The number of aryl methyl sites for hydroxylation is 1. The van der Waals surface area contributed by atoms with Crippen molar-refractivity contribution in [2.75, 3.05) is 18.8 Å². The molecule has 1 saturated carbocycles. The number of aromatic nitrogens is 4. The zero-order chi connectivity index (χ0) is 21.8. The molecule has 0 radical (unpaired) electrons. The van der Waals surface area contributed by atoms with Crippen LogP contribution in [0.3, 0.4) is 0 Å². The molecule has 3 aromatic rings. The number of nitrogens with one attached hydrogen (secondary N) is 2. The lowest BCUT2D eigenvalue weighted by Crippen LogP contribution is -2.40. The van der Waals surface area contributed by atoms with Crippen molar-refractivity contribution in [2.24, 2.45) is 5.92 Å². The highest BCUT2D eigenvalue weighted by Gasteiger charge is 2.58. The molecule has 11 heteroatoms. The molecule has 2 N–H and O–H groups in total. The maximum Gasteiger partial charge on any atom is 0.275 e. The SMILES string of the molecule is CCS(=O)(=O)N[C@@H]1C[C@H]2CN(C(=O)c3n[nH]c4ccccc34)C[C@@]2(c2nc(C)no2)C1. The summed E-state index contributed by atoms with van der Waals surface area (Å²) in [7, 11) is -3.34. The number of aromatic amines is 1. The summed E-state index contributed by atoms with van der Waals surface area (Å²) in [5.74, 6) is 0.857. The van der Waals surface area contributed by atoms with Crippen LogP contribution in [0.15, 0.2) is 28.8 Å². The monoisotopic (exact) mass is 444 g/mol. The number of hydrogen-bond acceptors (Lipinski definition) is 7. The summed E-state index contributed by atoms with van der Waals surface area (Å²) in [4.78, 5) is 19.6. The lowest BCUT2D eigenvalue weighted by Gasteiger charge is -2.25.